The molecular formula is C16H25N3S2. The van der Waals surface area contributed by atoms with Gasteiger partial charge >= 0.3 is 0 Å². The maximum atomic E-state index is 5.38. The Bertz CT molecular complexity index is 508. The van der Waals surface area contributed by atoms with Gasteiger partial charge in [0.25, 0.3) is 0 Å². The second kappa shape index (κ2) is 6.71. The molecule has 0 amide bonds. The van der Waals surface area contributed by atoms with Crippen molar-refractivity contribution >= 4 is 45.9 Å². The van der Waals surface area contributed by atoms with Crippen LogP contribution in [0.1, 0.15) is 41.5 Å². The molecule has 0 unspecified atom stereocenters. The van der Waals surface area contributed by atoms with Gasteiger partial charge < -0.3 is 16.0 Å². The molecule has 0 radical (unpaired) electrons. The van der Waals surface area contributed by atoms with E-state index in [9.17, 15) is 0 Å². The Kier molecular flexibility index (Phi) is 5.70. The van der Waals surface area contributed by atoms with Crippen LogP contribution in [0.5, 0.6) is 0 Å². The molecule has 3 nitrogen and oxygen atoms in total. The highest BCUT2D eigenvalue weighted by Gasteiger charge is 2.16. The van der Waals surface area contributed by atoms with Gasteiger partial charge in [-0.05, 0) is 57.3 Å². The first-order valence-corrected chi connectivity index (χ1v) is 7.80. The standard InChI is InChI=1S/C16H25N3S2/c1-15(2,3)13(20)17-11-7-9-12(10-8-11)18-14(21)19-16(4,5)6/h7-10H,1-6H3,(H,17,20)(H2,18,19,21). The zero-order valence-electron chi connectivity index (χ0n) is 13.6. The number of hydrogen-bond acceptors (Lipinski definition) is 2. The lowest BCUT2D eigenvalue weighted by Gasteiger charge is -2.23. The van der Waals surface area contributed by atoms with Crippen molar-refractivity contribution in [2.45, 2.75) is 47.1 Å². The Hall–Kier alpha value is -1.20. The van der Waals surface area contributed by atoms with Gasteiger partial charge in [-0.25, -0.2) is 0 Å². The molecule has 1 aromatic carbocycles. The number of nitrogens with one attached hydrogen (secondary N) is 3. The molecule has 1 aromatic rings. The van der Waals surface area contributed by atoms with Gasteiger partial charge in [0.2, 0.25) is 0 Å². The monoisotopic (exact) mass is 323 g/mol. The van der Waals surface area contributed by atoms with E-state index in [1.165, 1.54) is 0 Å². The van der Waals surface area contributed by atoms with Crippen LogP contribution >= 0.6 is 24.4 Å². The van der Waals surface area contributed by atoms with Crippen LogP contribution in [0.15, 0.2) is 24.3 Å². The van der Waals surface area contributed by atoms with Crippen molar-refractivity contribution in [3.63, 3.8) is 0 Å². The molecule has 0 bridgehead atoms. The van der Waals surface area contributed by atoms with E-state index in [1.807, 2.05) is 24.3 Å². The van der Waals surface area contributed by atoms with Crippen molar-refractivity contribution in [3.8, 4) is 0 Å². The fourth-order valence-corrected chi connectivity index (χ4v) is 2.00. The molecule has 0 heterocycles. The Balaban J connectivity index is 2.63. The molecule has 0 spiro atoms. The predicted octanol–water partition coefficient (Wildman–Crippen LogP) is 4.56. The highest BCUT2D eigenvalue weighted by molar-refractivity contribution is 7.80. The van der Waals surface area contributed by atoms with E-state index in [-0.39, 0.29) is 11.0 Å². The van der Waals surface area contributed by atoms with E-state index in [0.29, 0.717) is 5.11 Å². The lowest BCUT2D eigenvalue weighted by molar-refractivity contribution is 0.515. The van der Waals surface area contributed by atoms with E-state index < -0.39 is 0 Å². The second-order valence-corrected chi connectivity index (χ2v) is 7.93. The second-order valence-electron chi connectivity index (χ2n) is 7.11. The van der Waals surface area contributed by atoms with Gasteiger partial charge in [-0.2, -0.15) is 0 Å². The van der Waals surface area contributed by atoms with Crippen LogP contribution < -0.4 is 16.0 Å². The van der Waals surface area contributed by atoms with Crippen molar-refractivity contribution in [1.82, 2.24) is 5.32 Å². The number of anilines is 2. The third-order valence-corrected chi connectivity index (χ3v) is 3.49. The molecule has 0 saturated heterocycles. The van der Waals surface area contributed by atoms with Gasteiger partial charge in [-0.15, -0.1) is 0 Å². The number of benzene rings is 1. The van der Waals surface area contributed by atoms with Crippen LogP contribution in [0, 0.1) is 5.41 Å². The van der Waals surface area contributed by atoms with Crippen LogP contribution in [0.25, 0.3) is 0 Å². The SMILES string of the molecule is CC(C)(C)NC(=S)Nc1ccc(NC(=S)C(C)(C)C)cc1. The van der Waals surface area contributed by atoms with E-state index in [2.05, 4.69) is 57.5 Å². The number of rotatable bonds is 2. The average Bonchev–Trinajstić information content (AvgIpc) is 2.27. The van der Waals surface area contributed by atoms with Crippen molar-refractivity contribution < 1.29 is 0 Å². The quantitative estimate of drug-likeness (QED) is 0.696. The van der Waals surface area contributed by atoms with Crippen molar-refractivity contribution in [2.75, 3.05) is 10.6 Å². The Morgan fingerprint density at radius 3 is 1.62 bits per heavy atom. The van der Waals surface area contributed by atoms with Crippen molar-refractivity contribution in [3.05, 3.63) is 24.3 Å². The van der Waals surface area contributed by atoms with Gasteiger partial charge in [0, 0.05) is 22.3 Å². The summed E-state index contributed by atoms with van der Waals surface area (Å²) in [6.07, 6.45) is 0. The topological polar surface area (TPSA) is 36.1 Å². The molecule has 0 aromatic heterocycles. The van der Waals surface area contributed by atoms with Crippen LogP contribution in [0.2, 0.25) is 0 Å². The molecule has 1 rings (SSSR count). The summed E-state index contributed by atoms with van der Waals surface area (Å²) in [5, 5.41) is 10.3. The lowest BCUT2D eigenvalue weighted by Crippen LogP contribution is -2.42. The average molecular weight is 324 g/mol. The van der Waals surface area contributed by atoms with E-state index in [1.54, 1.807) is 0 Å². The highest BCUT2D eigenvalue weighted by Crippen LogP contribution is 2.20. The summed E-state index contributed by atoms with van der Waals surface area (Å²) in [5.41, 5.74) is 1.84. The summed E-state index contributed by atoms with van der Waals surface area (Å²) >= 11 is 10.7. The minimum Gasteiger partial charge on any atom is -0.358 e. The number of hydrogen-bond donors (Lipinski definition) is 3. The first-order chi connectivity index (χ1) is 9.47. The van der Waals surface area contributed by atoms with Gasteiger partial charge in [0.1, 0.15) is 0 Å². The third kappa shape index (κ3) is 6.87. The first kappa shape index (κ1) is 17.9. The van der Waals surface area contributed by atoms with Crippen molar-refractivity contribution in [2.24, 2.45) is 5.41 Å². The molecule has 0 aliphatic rings. The summed E-state index contributed by atoms with van der Waals surface area (Å²) < 4.78 is 0. The summed E-state index contributed by atoms with van der Waals surface area (Å²) in [5.74, 6) is 0. The maximum Gasteiger partial charge on any atom is 0.171 e. The van der Waals surface area contributed by atoms with Crippen LogP contribution in [0.4, 0.5) is 11.4 Å². The Morgan fingerprint density at radius 2 is 1.24 bits per heavy atom. The third-order valence-electron chi connectivity index (χ3n) is 2.57. The molecule has 0 atom stereocenters. The van der Waals surface area contributed by atoms with Gasteiger partial charge in [0.15, 0.2) is 5.11 Å². The van der Waals surface area contributed by atoms with Crippen LogP contribution in [0.3, 0.4) is 0 Å². The molecule has 0 fully saturated rings. The van der Waals surface area contributed by atoms with Crippen LogP contribution in [-0.2, 0) is 0 Å². The first-order valence-electron chi connectivity index (χ1n) is 6.98. The van der Waals surface area contributed by atoms with Crippen LogP contribution in [-0.4, -0.2) is 15.6 Å². The van der Waals surface area contributed by atoms with E-state index >= 15 is 0 Å². The minimum atomic E-state index is -0.0511. The Labute approximate surface area is 138 Å². The largest absolute Gasteiger partial charge is 0.358 e. The fraction of sp³-hybridized carbons (Fsp3) is 0.500. The van der Waals surface area contributed by atoms with Crippen molar-refractivity contribution in [1.29, 1.82) is 0 Å². The number of thiocarbonyl (C=S) groups is 2. The summed E-state index contributed by atoms with van der Waals surface area (Å²) in [6, 6.07) is 7.93. The summed E-state index contributed by atoms with van der Waals surface area (Å²) in [7, 11) is 0. The molecule has 3 N–H and O–H groups in total. The summed E-state index contributed by atoms with van der Waals surface area (Å²) in [6.45, 7) is 12.5. The molecule has 0 aliphatic heterocycles. The molecule has 5 heteroatoms. The molecule has 21 heavy (non-hydrogen) atoms. The lowest BCUT2D eigenvalue weighted by atomic mass is 9.96. The van der Waals surface area contributed by atoms with E-state index in [4.69, 9.17) is 24.4 Å². The van der Waals surface area contributed by atoms with Gasteiger partial charge in [0.05, 0.1) is 4.99 Å². The molecule has 116 valence electrons. The van der Waals surface area contributed by atoms with Gasteiger partial charge in [-0.1, -0.05) is 33.0 Å². The molecular weight excluding hydrogens is 298 g/mol. The molecule has 0 saturated carbocycles. The fourth-order valence-electron chi connectivity index (χ4n) is 1.46. The van der Waals surface area contributed by atoms with Gasteiger partial charge in [-0.3, -0.25) is 0 Å². The summed E-state index contributed by atoms with van der Waals surface area (Å²) in [4.78, 5) is 0.827. The maximum absolute atomic E-state index is 5.38. The highest BCUT2D eigenvalue weighted by atomic mass is 32.1. The zero-order valence-corrected chi connectivity index (χ0v) is 15.3. The minimum absolute atomic E-state index is 0.0373. The Morgan fingerprint density at radius 1 is 0.810 bits per heavy atom. The normalized spacial score (nSPS) is 11.7. The predicted molar refractivity (Wildman–Crippen MR) is 101 cm³/mol. The van der Waals surface area contributed by atoms with E-state index in [0.717, 1.165) is 16.4 Å². The molecule has 0 aliphatic carbocycles. The smallest absolute Gasteiger partial charge is 0.171 e. The zero-order chi connectivity index (χ0) is 16.3.